The van der Waals surface area contributed by atoms with Crippen molar-refractivity contribution >= 4 is 31.6 Å². The molecule has 6 heteroatoms. The molecule has 0 aliphatic rings. The van der Waals surface area contributed by atoms with Crippen LogP contribution in [0.2, 0.25) is 0 Å². The minimum absolute atomic E-state index is 0.255. The van der Waals surface area contributed by atoms with Crippen molar-refractivity contribution in [2.75, 3.05) is 4.72 Å². The molecule has 19 heavy (non-hydrogen) atoms. The van der Waals surface area contributed by atoms with E-state index in [1.165, 1.54) is 0 Å². The summed E-state index contributed by atoms with van der Waals surface area (Å²) in [5.41, 5.74) is 3.28. The summed E-state index contributed by atoms with van der Waals surface area (Å²) in [6.45, 7) is 0. The molecular weight excluding hydrogens is 279 g/mol. The molecule has 0 aliphatic carbocycles. The van der Waals surface area contributed by atoms with Crippen molar-refractivity contribution in [3.8, 4) is 11.1 Å². The highest BCUT2D eigenvalue weighted by Crippen LogP contribution is 2.27. The Morgan fingerprint density at radius 2 is 1.84 bits per heavy atom. The molecule has 2 unspecified atom stereocenters. The Hall–Kier alpha value is -1.55. The van der Waals surface area contributed by atoms with Crippen LogP contribution in [0, 0.1) is 5.41 Å². The van der Waals surface area contributed by atoms with Crippen LogP contribution in [0.4, 0.5) is 5.69 Å². The highest BCUT2D eigenvalue weighted by molar-refractivity contribution is 7.80. The van der Waals surface area contributed by atoms with Gasteiger partial charge in [0, 0.05) is 5.56 Å². The van der Waals surface area contributed by atoms with E-state index in [-0.39, 0.29) is 5.45 Å². The molecule has 2 aromatic rings. The van der Waals surface area contributed by atoms with Crippen LogP contribution in [0.25, 0.3) is 11.1 Å². The summed E-state index contributed by atoms with van der Waals surface area (Å²) >= 11 is -2.15. The van der Waals surface area contributed by atoms with E-state index in [1.54, 1.807) is 6.07 Å². The lowest BCUT2D eigenvalue weighted by molar-refractivity contribution is 0.570. The molecule has 0 radical (unpaired) electrons. The van der Waals surface area contributed by atoms with Gasteiger partial charge >= 0.3 is 0 Å². The first-order chi connectivity index (χ1) is 9.08. The van der Waals surface area contributed by atoms with Crippen LogP contribution in [0.5, 0.6) is 0 Å². The van der Waals surface area contributed by atoms with Gasteiger partial charge in [-0.05, 0) is 23.3 Å². The van der Waals surface area contributed by atoms with Crippen LogP contribution < -0.4 is 4.72 Å². The topological polar surface area (TPSA) is 73.2 Å². The van der Waals surface area contributed by atoms with Gasteiger partial charge in [-0.3, -0.25) is 9.27 Å². The Morgan fingerprint density at radius 1 is 1.16 bits per heavy atom. The maximum absolute atomic E-state index is 10.8. The van der Waals surface area contributed by atoms with Crippen molar-refractivity contribution in [1.29, 1.82) is 5.41 Å². The number of rotatable bonds is 4. The largest absolute Gasteiger partial charge is 0.300 e. The Morgan fingerprint density at radius 3 is 2.42 bits per heavy atom. The number of anilines is 1. The van der Waals surface area contributed by atoms with E-state index >= 15 is 0 Å². The molecule has 0 saturated carbocycles. The molecule has 98 valence electrons. The number of nitrogens with one attached hydrogen (secondary N) is 2. The fourth-order valence-electron chi connectivity index (χ4n) is 1.76. The van der Waals surface area contributed by atoms with Gasteiger partial charge < -0.3 is 5.41 Å². The average Bonchev–Trinajstić information content (AvgIpc) is 2.39. The zero-order chi connectivity index (χ0) is 13.8. The van der Waals surface area contributed by atoms with Crippen molar-refractivity contribution in [3.05, 3.63) is 54.1 Å². The van der Waals surface area contributed by atoms with Crippen molar-refractivity contribution in [3.63, 3.8) is 0 Å². The van der Waals surface area contributed by atoms with E-state index in [9.17, 15) is 4.21 Å². The van der Waals surface area contributed by atoms with E-state index < -0.39 is 11.3 Å². The summed E-state index contributed by atoms with van der Waals surface area (Å²) in [5.74, 6) is 0. The summed E-state index contributed by atoms with van der Waals surface area (Å²) in [7, 11) is 2.29. The van der Waals surface area contributed by atoms with Crippen molar-refractivity contribution in [1.82, 2.24) is 0 Å². The van der Waals surface area contributed by atoms with Crippen molar-refractivity contribution in [2.24, 2.45) is 0 Å². The highest BCUT2D eigenvalue weighted by atomic mass is 32.2. The number of hydrogen-bond acceptors (Lipinski definition) is 2. The third-order valence-corrected chi connectivity index (χ3v) is 3.32. The molecule has 2 rings (SSSR count). The van der Waals surface area contributed by atoms with E-state index in [1.807, 2.05) is 42.5 Å². The molecular formula is C13H13N2O2PS. The third kappa shape index (κ3) is 3.47. The molecule has 0 bridgehead atoms. The minimum atomic E-state index is -2.15. The van der Waals surface area contributed by atoms with Crippen LogP contribution in [-0.2, 0) is 11.3 Å². The fourth-order valence-corrected chi connectivity index (χ4v) is 2.37. The van der Waals surface area contributed by atoms with Crippen molar-refractivity contribution < 1.29 is 8.76 Å². The zero-order valence-corrected chi connectivity index (χ0v) is 11.9. The van der Waals surface area contributed by atoms with E-state index in [4.69, 9.17) is 9.96 Å². The van der Waals surface area contributed by atoms with Gasteiger partial charge in [0.1, 0.15) is 0 Å². The normalized spacial score (nSPS) is 11.9. The second-order valence-corrected chi connectivity index (χ2v) is 5.17. The lowest BCUT2D eigenvalue weighted by Gasteiger charge is -2.11. The Balaban J connectivity index is 2.48. The minimum Gasteiger partial charge on any atom is -0.300 e. The van der Waals surface area contributed by atoms with E-state index in [0.717, 1.165) is 11.1 Å². The quantitative estimate of drug-likeness (QED) is 0.460. The SMILES string of the molecule is N=C(P)c1cc(-c2ccccc2)ccc1NS(=O)O. The van der Waals surface area contributed by atoms with E-state index in [0.29, 0.717) is 11.3 Å². The van der Waals surface area contributed by atoms with Gasteiger partial charge in [-0.15, -0.1) is 0 Å². The predicted molar refractivity (Wildman–Crippen MR) is 82.8 cm³/mol. The highest BCUT2D eigenvalue weighted by Gasteiger charge is 2.08. The second-order valence-electron chi connectivity index (χ2n) is 3.89. The summed E-state index contributed by atoms with van der Waals surface area (Å²) in [6.07, 6.45) is 0. The van der Waals surface area contributed by atoms with Gasteiger partial charge in [0.15, 0.2) is 0 Å². The standard InChI is InChI=1S/C13H13N2O2PS/c14-13(18)11-8-10(9-4-2-1-3-5-9)6-7-12(11)15-19(16)17/h1-8,14-15H,18H2,(H,16,17). The van der Waals surface area contributed by atoms with Gasteiger partial charge in [-0.1, -0.05) is 45.6 Å². The average molecular weight is 292 g/mol. The van der Waals surface area contributed by atoms with Gasteiger partial charge in [-0.25, -0.2) is 4.21 Å². The van der Waals surface area contributed by atoms with Gasteiger partial charge in [0.05, 0.1) is 11.1 Å². The van der Waals surface area contributed by atoms with Crippen LogP contribution >= 0.6 is 9.24 Å². The molecule has 0 aliphatic heterocycles. The van der Waals surface area contributed by atoms with Crippen molar-refractivity contribution in [2.45, 2.75) is 0 Å². The second kappa shape index (κ2) is 6.06. The zero-order valence-electron chi connectivity index (χ0n) is 9.96. The molecule has 0 aromatic heterocycles. The maximum Gasteiger partial charge on any atom is 0.259 e. The van der Waals surface area contributed by atoms with Crippen LogP contribution in [0.15, 0.2) is 48.5 Å². The summed E-state index contributed by atoms with van der Waals surface area (Å²) < 4.78 is 22.1. The number of hydrogen-bond donors (Lipinski definition) is 3. The molecule has 0 heterocycles. The van der Waals surface area contributed by atoms with Crippen LogP contribution in [-0.4, -0.2) is 14.2 Å². The molecule has 2 aromatic carbocycles. The molecule has 0 spiro atoms. The third-order valence-electron chi connectivity index (χ3n) is 2.61. The molecule has 4 nitrogen and oxygen atoms in total. The molecule has 2 atom stereocenters. The maximum atomic E-state index is 10.8. The lowest BCUT2D eigenvalue weighted by Crippen LogP contribution is -2.06. The summed E-state index contributed by atoms with van der Waals surface area (Å²) in [5, 5.41) is 7.72. The lowest BCUT2D eigenvalue weighted by atomic mass is 10.0. The van der Waals surface area contributed by atoms with E-state index in [2.05, 4.69) is 14.0 Å². The molecule has 3 N–H and O–H groups in total. The Kier molecular flexibility index (Phi) is 4.43. The molecule has 0 amide bonds. The first-order valence-corrected chi connectivity index (χ1v) is 7.17. The van der Waals surface area contributed by atoms with Crippen LogP contribution in [0.1, 0.15) is 5.56 Å². The summed E-state index contributed by atoms with van der Waals surface area (Å²) in [6, 6.07) is 15.1. The molecule has 0 fully saturated rings. The smallest absolute Gasteiger partial charge is 0.259 e. The monoisotopic (exact) mass is 292 g/mol. The predicted octanol–water partition coefficient (Wildman–Crippen LogP) is 3.10. The molecule has 0 saturated heterocycles. The first kappa shape index (κ1) is 13.9. The Labute approximate surface area is 116 Å². The fraction of sp³-hybridized carbons (Fsp3) is 0. The first-order valence-electron chi connectivity index (χ1n) is 5.49. The Bertz CT molecular complexity index is 632. The van der Waals surface area contributed by atoms with Gasteiger partial charge in [0.2, 0.25) is 0 Å². The summed E-state index contributed by atoms with van der Waals surface area (Å²) in [4.78, 5) is 0. The van der Waals surface area contributed by atoms with Gasteiger partial charge in [-0.2, -0.15) is 0 Å². The van der Waals surface area contributed by atoms with Crippen LogP contribution in [0.3, 0.4) is 0 Å². The number of benzene rings is 2. The van der Waals surface area contributed by atoms with Gasteiger partial charge in [0.25, 0.3) is 11.3 Å².